The molecule has 0 saturated heterocycles. The average Bonchev–Trinajstić information content (AvgIpc) is 2.38. The van der Waals surface area contributed by atoms with Gasteiger partial charge in [-0.1, -0.05) is 26.3 Å². The van der Waals surface area contributed by atoms with E-state index in [2.05, 4.69) is 17.9 Å². The van der Waals surface area contributed by atoms with Gasteiger partial charge in [-0.25, -0.2) is 4.89 Å². The highest BCUT2D eigenvalue weighted by Gasteiger charge is 2.41. The first-order valence-electron chi connectivity index (χ1n) is 7.23. The van der Waals surface area contributed by atoms with Crippen LogP contribution in [0.15, 0.2) is 11.6 Å². The number of carbonyl (C=O) groups is 1. The zero-order valence-electron chi connectivity index (χ0n) is 11.7. The van der Waals surface area contributed by atoms with Crippen LogP contribution in [0.25, 0.3) is 0 Å². The molecule has 0 bridgehead atoms. The predicted molar refractivity (Wildman–Crippen MR) is 71.6 cm³/mol. The quantitative estimate of drug-likeness (QED) is 0.467. The van der Waals surface area contributed by atoms with E-state index in [1.165, 1.54) is 0 Å². The number of rotatable bonds is 4. The molecule has 0 aromatic heterocycles. The van der Waals surface area contributed by atoms with E-state index < -0.39 is 5.97 Å². The molecule has 4 nitrogen and oxygen atoms in total. The molecule has 1 fully saturated rings. The smallest absolute Gasteiger partial charge is 0.306 e. The summed E-state index contributed by atoms with van der Waals surface area (Å²) in [6.07, 6.45) is 6.34. The zero-order valence-corrected chi connectivity index (χ0v) is 11.7. The van der Waals surface area contributed by atoms with Crippen LogP contribution in [0.2, 0.25) is 0 Å². The number of hydrogen-bond donors (Lipinski definition) is 2. The number of aliphatic carboxylic acids is 1. The molecule has 0 radical (unpaired) electrons. The highest BCUT2D eigenvalue weighted by molar-refractivity contribution is 5.70. The van der Waals surface area contributed by atoms with Crippen LogP contribution in [0.1, 0.15) is 39.5 Å². The van der Waals surface area contributed by atoms with Gasteiger partial charge in [0.25, 0.3) is 0 Å². The van der Waals surface area contributed by atoms with Crippen molar-refractivity contribution in [1.82, 2.24) is 0 Å². The first-order valence-corrected chi connectivity index (χ1v) is 7.23. The third-order valence-corrected chi connectivity index (χ3v) is 5.18. The third kappa shape index (κ3) is 3.00. The fraction of sp³-hybridized carbons (Fsp3) is 0.800. The summed E-state index contributed by atoms with van der Waals surface area (Å²) in [7, 11) is 0. The van der Waals surface area contributed by atoms with Crippen LogP contribution in [0.5, 0.6) is 0 Å². The Kier molecular flexibility index (Phi) is 4.63. The summed E-state index contributed by atoms with van der Waals surface area (Å²) in [4.78, 5) is 15.5. The number of allylic oxidation sites excluding steroid dienone is 1. The molecule has 5 atom stereocenters. The van der Waals surface area contributed by atoms with Gasteiger partial charge in [0.2, 0.25) is 0 Å². The fourth-order valence-electron chi connectivity index (χ4n) is 3.96. The minimum atomic E-state index is -0.697. The SMILES string of the molecule is C[C@@H]1CC[C@@H]([C@@H](C)C(=O)O)[C@H]2C=C(COO)CC[C@H]21. The topological polar surface area (TPSA) is 66.8 Å². The van der Waals surface area contributed by atoms with E-state index in [0.29, 0.717) is 17.8 Å². The second-order valence-corrected chi connectivity index (χ2v) is 6.22. The maximum absolute atomic E-state index is 11.3. The second-order valence-electron chi connectivity index (χ2n) is 6.22. The van der Waals surface area contributed by atoms with Crippen LogP contribution in [0.3, 0.4) is 0 Å². The highest BCUT2D eigenvalue weighted by Crippen LogP contribution is 2.48. The zero-order chi connectivity index (χ0) is 14.0. The number of fused-ring (bicyclic) bond motifs is 1. The lowest BCUT2D eigenvalue weighted by molar-refractivity contribution is -0.234. The lowest BCUT2D eigenvalue weighted by Gasteiger charge is -2.45. The second kappa shape index (κ2) is 6.06. The van der Waals surface area contributed by atoms with Crippen molar-refractivity contribution in [3.8, 4) is 0 Å². The predicted octanol–water partition coefficient (Wildman–Crippen LogP) is 3.20. The minimum absolute atomic E-state index is 0.215. The van der Waals surface area contributed by atoms with E-state index in [-0.39, 0.29) is 18.4 Å². The van der Waals surface area contributed by atoms with Gasteiger partial charge < -0.3 is 5.11 Å². The molecule has 0 aromatic rings. The van der Waals surface area contributed by atoms with Crippen molar-refractivity contribution in [2.75, 3.05) is 6.61 Å². The molecule has 19 heavy (non-hydrogen) atoms. The van der Waals surface area contributed by atoms with Crippen LogP contribution in [0, 0.1) is 29.6 Å². The first-order chi connectivity index (χ1) is 9.04. The van der Waals surface area contributed by atoms with Crippen molar-refractivity contribution in [2.45, 2.75) is 39.5 Å². The van der Waals surface area contributed by atoms with Crippen molar-refractivity contribution in [3.63, 3.8) is 0 Å². The summed E-state index contributed by atoms with van der Waals surface area (Å²) in [6, 6.07) is 0. The van der Waals surface area contributed by atoms with Crippen LogP contribution < -0.4 is 0 Å². The van der Waals surface area contributed by atoms with Gasteiger partial charge >= 0.3 is 5.97 Å². The summed E-state index contributed by atoms with van der Waals surface area (Å²) in [5, 5.41) is 17.9. The molecule has 0 aromatic carbocycles. The van der Waals surface area contributed by atoms with Crippen LogP contribution in [-0.4, -0.2) is 22.9 Å². The Hall–Kier alpha value is -0.870. The number of hydrogen-bond acceptors (Lipinski definition) is 3. The summed E-state index contributed by atoms with van der Waals surface area (Å²) < 4.78 is 0. The maximum atomic E-state index is 11.3. The fourth-order valence-corrected chi connectivity index (χ4v) is 3.96. The summed E-state index contributed by atoms with van der Waals surface area (Å²) >= 11 is 0. The summed E-state index contributed by atoms with van der Waals surface area (Å²) in [6.45, 7) is 4.36. The van der Waals surface area contributed by atoms with Crippen molar-refractivity contribution in [3.05, 3.63) is 11.6 Å². The molecule has 2 aliphatic rings. The Morgan fingerprint density at radius 2 is 2.21 bits per heavy atom. The molecule has 0 amide bonds. The average molecular weight is 268 g/mol. The third-order valence-electron chi connectivity index (χ3n) is 5.18. The van der Waals surface area contributed by atoms with Crippen LogP contribution >= 0.6 is 0 Å². The molecular weight excluding hydrogens is 244 g/mol. The van der Waals surface area contributed by atoms with Crippen LogP contribution in [-0.2, 0) is 9.68 Å². The molecule has 0 unspecified atom stereocenters. The van der Waals surface area contributed by atoms with E-state index in [9.17, 15) is 9.90 Å². The van der Waals surface area contributed by atoms with Crippen LogP contribution in [0.4, 0.5) is 0 Å². The van der Waals surface area contributed by atoms with Crippen molar-refractivity contribution >= 4 is 5.97 Å². The van der Waals surface area contributed by atoms with Gasteiger partial charge in [-0.3, -0.25) is 10.1 Å². The van der Waals surface area contributed by atoms with E-state index in [1.54, 1.807) is 0 Å². The van der Waals surface area contributed by atoms with Crippen molar-refractivity contribution < 1.29 is 20.0 Å². The molecule has 2 N–H and O–H groups in total. The van der Waals surface area contributed by atoms with Crippen molar-refractivity contribution in [1.29, 1.82) is 0 Å². The standard InChI is InChI=1S/C15H24O4/c1-9-3-5-13(10(2)15(16)17)14-7-11(8-19-18)4-6-12(9)14/h7,9-10,12-14,18H,3-6,8H2,1-2H3,(H,16,17)/t9-,10-,12+,13+,14+/m1/s1. The van der Waals surface area contributed by atoms with Gasteiger partial charge in [-0.05, 0) is 48.5 Å². The molecule has 2 aliphatic carbocycles. The van der Waals surface area contributed by atoms with E-state index in [0.717, 1.165) is 31.3 Å². The molecule has 0 spiro atoms. The molecule has 0 aliphatic heterocycles. The monoisotopic (exact) mass is 268 g/mol. The first kappa shape index (κ1) is 14.5. The van der Waals surface area contributed by atoms with Gasteiger partial charge in [0.15, 0.2) is 0 Å². The Balaban J connectivity index is 2.21. The van der Waals surface area contributed by atoms with E-state index in [4.69, 9.17) is 5.26 Å². The Morgan fingerprint density at radius 1 is 1.47 bits per heavy atom. The Bertz CT molecular complexity index is 363. The molecular formula is C15H24O4. The highest BCUT2D eigenvalue weighted by atomic mass is 17.1. The van der Waals surface area contributed by atoms with Gasteiger partial charge in [0.05, 0.1) is 5.92 Å². The summed E-state index contributed by atoms with van der Waals surface area (Å²) in [5.74, 6) is 0.794. The number of carboxylic acids is 1. The number of carboxylic acid groups (broad SMARTS) is 1. The summed E-state index contributed by atoms with van der Waals surface area (Å²) in [5.41, 5.74) is 1.11. The van der Waals surface area contributed by atoms with Gasteiger partial charge in [-0.15, -0.1) is 0 Å². The van der Waals surface area contributed by atoms with Gasteiger partial charge in [0, 0.05) is 0 Å². The Morgan fingerprint density at radius 3 is 2.84 bits per heavy atom. The minimum Gasteiger partial charge on any atom is -0.481 e. The molecule has 0 heterocycles. The lowest BCUT2D eigenvalue weighted by atomic mass is 9.60. The largest absolute Gasteiger partial charge is 0.481 e. The normalized spacial score (nSPS) is 36.3. The van der Waals surface area contributed by atoms with Gasteiger partial charge in [-0.2, -0.15) is 0 Å². The molecule has 4 heteroatoms. The Labute approximate surface area is 114 Å². The van der Waals surface area contributed by atoms with Crippen molar-refractivity contribution in [2.24, 2.45) is 29.6 Å². The molecule has 108 valence electrons. The molecule has 2 rings (SSSR count). The maximum Gasteiger partial charge on any atom is 0.306 e. The lowest BCUT2D eigenvalue weighted by Crippen LogP contribution is -2.39. The van der Waals surface area contributed by atoms with E-state index in [1.807, 2.05) is 6.92 Å². The van der Waals surface area contributed by atoms with E-state index >= 15 is 0 Å². The molecule has 1 saturated carbocycles. The van der Waals surface area contributed by atoms with Gasteiger partial charge in [0.1, 0.15) is 6.61 Å².